The summed E-state index contributed by atoms with van der Waals surface area (Å²) in [6.45, 7) is 6.81. The van der Waals surface area contributed by atoms with Crippen molar-refractivity contribution < 1.29 is 8.94 Å². The zero-order chi connectivity index (χ0) is 15.5. The first kappa shape index (κ1) is 14.8. The Morgan fingerprint density at radius 2 is 2.18 bits per heavy atom. The van der Waals surface area contributed by atoms with Crippen LogP contribution in [0.4, 0.5) is 0 Å². The van der Waals surface area contributed by atoms with Gasteiger partial charge in [-0.05, 0) is 26.0 Å². The maximum Gasteiger partial charge on any atom is 0.239 e. The van der Waals surface area contributed by atoms with Crippen molar-refractivity contribution in [3.05, 3.63) is 30.1 Å². The Morgan fingerprint density at radius 1 is 1.32 bits per heavy atom. The van der Waals surface area contributed by atoms with Crippen LogP contribution in [0, 0.1) is 0 Å². The smallest absolute Gasteiger partial charge is 0.239 e. The molecule has 0 fully saturated rings. The van der Waals surface area contributed by atoms with Crippen molar-refractivity contribution >= 4 is 11.8 Å². The van der Waals surface area contributed by atoms with Crippen LogP contribution in [0.5, 0.6) is 0 Å². The lowest BCUT2D eigenvalue weighted by Crippen LogP contribution is -2.00. The number of hydrogen-bond donors (Lipinski definition) is 0. The maximum atomic E-state index is 5.41. The molecule has 1 unspecified atom stereocenters. The first-order valence-corrected chi connectivity index (χ1v) is 8.07. The highest BCUT2D eigenvalue weighted by Crippen LogP contribution is 2.34. The minimum atomic E-state index is 0.00625. The molecule has 0 spiro atoms. The first-order chi connectivity index (χ1) is 10.7. The molecule has 0 radical (unpaired) electrons. The quantitative estimate of drug-likeness (QED) is 0.644. The highest BCUT2D eigenvalue weighted by atomic mass is 32.2. The maximum absolute atomic E-state index is 5.41. The van der Waals surface area contributed by atoms with E-state index in [0.29, 0.717) is 11.7 Å². The number of aromatic nitrogens is 5. The Morgan fingerprint density at radius 3 is 2.82 bits per heavy atom. The largest absolute Gasteiger partial charge is 0.461 e. The third kappa shape index (κ3) is 2.78. The molecule has 3 rings (SSSR count). The van der Waals surface area contributed by atoms with E-state index in [4.69, 9.17) is 8.94 Å². The third-order valence-electron chi connectivity index (χ3n) is 3.20. The van der Waals surface area contributed by atoms with E-state index in [1.165, 1.54) is 0 Å². The summed E-state index contributed by atoms with van der Waals surface area (Å²) in [5, 5.41) is 13.2. The normalized spacial score (nSPS) is 12.7. The lowest BCUT2D eigenvalue weighted by atomic mass is 10.4. The molecule has 1 atom stereocenters. The molecule has 22 heavy (non-hydrogen) atoms. The molecule has 7 nitrogen and oxygen atoms in total. The van der Waals surface area contributed by atoms with E-state index in [9.17, 15) is 0 Å². The fourth-order valence-corrected chi connectivity index (χ4v) is 2.98. The van der Waals surface area contributed by atoms with Gasteiger partial charge in [0.25, 0.3) is 0 Å². The van der Waals surface area contributed by atoms with Gasteiger partial charge in [0, 0.05) is 13.0 Å². The Bertz CT molecular complexity index is 734. The minimum Gasteiger partial charge on any atom is -0.461 e. The summed E-state index contributed by atoms with van der Waals surface area (Å²) >= 11 is 1.54. The molecular formula is C14H17N5O2S. The number of nitrogens with zero attached hydrogens (tertiary/aromatic N) is 5. The molecule has 3 heterocycles. The molecule has 0 bridgehead atoms. The van der Waals surface area contributed by atoms with Crippen LogP contribution in [0.2, 0.25) is 0 Å². The second kappa shape index (κ2) is 6.35. The Kier molecular flexibility index (Phi) is 4.28. The van der Waals surface area contributed by atoms with Gasteiger partial charge in [0.05, 0.1) is 11.5 Å². The number of rotatable bonds is 6. The van der Waals surface area contributed by atoms with Crippen LogP contribution in [0.1, 0.15) is 37.7 Å². The van der Waals surface area contributed by atoms with Crippen molar-refractivity contribution in [3.63, 3.8) is 0 Å². The fourth-order valence-electron chi connectivity index (χ4n) is 2.03. The van der Waals surface area contributed by atoms with Crippen molar-refractivity contribution in [2.75, 3.05) is 0 Å². The van der Waals surface area contributed by atoms with E-state index in [1.807, 2.05) is 37.5 Å². The van der Waals surface area contributed by atoms with Crippen LogP contribution >= 0.6 is 11.8 Å². The van der Waals surface area contributed by atoms with Gasteiger partial charge in [-0.1, -0.05) is 23.8 Å². The number of thioether (sulfide) groups is 1. The topological polar surface area (TPSA) is 82.8 Å². The average molecular weight is 319 g/mol. The average Bonchev–Trinajstić information content (AvgIpc) is 3.26. The summed E-state index contributed by atoms with van der Waals surface area (Å²) < 4.78 is 12.7. The number of hydrogen-bond acceptors (Lipinski definition) is 7. The molecule has 8 heteroatoms. The fraction of sp³-hybridized carbons (Fsp3) is 0.429. The molecule has 0 saturated heterocycles. The van der Waals surface area contributed by atoms with Crippen LogP contribution in [0.15, 0.2) is 32.5 Å². The van der Waals surface area contributed by atoms with Crippen molar-refractivity contribution in [1.82, 2.24) is 24.9 Å². The van der Waals surface area contributed by atoms with E-state index < -0.39 is 0 Å². The van der Waals surface area contributed by atoms with Crippen molar-refractivity contribution in [2.45, 2.75) is 44.1 Å². The molecule has 0 aliphatic rings. The van der Waals surface area contributed by atoms with E-state index in [2.05, 4.69) is 20.3 Å². The zero-order valence-electron chi connectivity index (χ0n) is 12.7. The van der Waals surface area contributed by atoms with Crippen LogP contribution in [0.3, 0.4) is 0 Å². The lowest BCUT2D eigenvalue weighted by molar-refractivity contribution is 0.375. The van der Waals surface area contributed by atoms with Crippen LogP contribution in [-0.4, -0.2) is 24.9 Å². The standard InChI is InChI=1S/C14H17N5O2S/c1-4-11-15-13(21-18-11)9(3)22-14-17-16-12(19(14)5-2)10-7-6-8-20-10/h6-9H,4-5H2,1-3H3. The molecule has 0 N–H and O–H groups in total. The van der Waals surface area contributed by atoms with Gasteiger partial charge in [-0.2, -0.15) is 4.98 Å². The summed E-state index contributed by atoms with van der Waals surface area (Å²) in [7, 11) is 0. The van der Waals surface area contributed by atoms with Gasteiger partial charge in [0.2, 0.25) is 5.89 Å². The van der Waals surface area contributed by atoms with Crippen LogP contribution in [0.25, 0.3) is 11.6 Å². The summed E-state index contributed by atoms with van der Waals surface area (Å²) in [5.41, 5.74) is 0. The van der Waals surface area contributed by atoms with E-state index >= 15 is 0 Å². The second-order valence-electron chi connectivity index (χ2n) is 4.69. The molecule has 116 valence electrons. The minimum absolute atomic E-state index is 0.00625. The van der Waals surface area contributed by atoms with Gasteiger partial charge in [0.15, 0.2) is 22.6 Å². The monoisotopic (exact) mass is 319 g/mol. The van der Waals surface area contributed by atoms with Crippen LogP contribution in [-0.2, 0) is 13.0 Å². The molecule has 3 aromatic heterocycles. The van der Waals surface area contributed by atoms with Gasteiger partial charge >= 0.3 is 0 Å². The predicted octanol–water partition coefficient (Wildman–Crippen LogP) is 3.36. The lowest BCUT2D eigenvalue weighted by Gasteiger charge is -2.08. The van der Waals surface area contributed by atoms with E-state index in [0.717, 1.165) is 29.8 Å². The van der Waals surface area contributed by atoms with Crippen molar-refractivity contribution in [3.8, 4) is 11.6 Å². The van der Waals surface area contributed by atoms with E-state index in [-0.39, 0.29) is 5.25 Å². The summed E-state index contributed by atoms with van der Waals surface area (Å²) in [5.74, 6) is 2.75. The zero-order valence-corrected chi connectivity index (χ0v) is 13.5. The molecular weight excluding hydrogens is 302 g/mol. The molecule has 0 aliphatic carbocycles. The molecule has 0 amide bonds. The number of furan rings is 1. The van der Waals surface area contributed by atoms with Gasteiger partial charge < -0.3 is 8.94 Å². The van der Waals surface area contributed by atoms with Gasteiger partial charge in [-0.3, -0.25) is 4.57 Å². The summed E-state index contributed by atoms with van der Waals surface area (Å²) in [4.78, 5) is 4.36. The molecule has 3 aromatic rings. The van der Waals surface area contributed by atoms with Gasteiger partial charge in [-0.25, -0.2) is 0 Å². The Balaban J connectivity index is 1.83. The molecule has 0 aromatic carbocycles. The molecule has 0 aliphatic heterocycles. The molecule has 0 saturated carbocycles. The van der Waals surface area contributed by atoms with E-state index in [1.54, 1.807) is 18.0 Å². The SMILES string of the molecule is CCc1noc(C(C)Sc2nnc(-c3ccco3)n2CC)n1. The van der Waals surface area contributed by atoms with Gasteiger partial charge in [-0.15, -0.1) is 10.2 Å². The summed E-state index contributed by atoms with van der Waals surface area (Å²) in [6, 6.07) is 3.71. The van der Waals surface area contributed by atoms with Crippen LogP contribution < -0.4 is 0 Å². The number of aryl methyl sites for hydroxylation is 1. The van der Waals surface area contributed by atoms with Crippen molar-refractivity contribution in [2.24, 2.45) is 0 Å². The van der Waals surface area contributed by atoms with Crippen molar-refractivity contribution in [1.29, 1.82) is 0 Å². The van der Waals surface area contributed by atoms with Gasteiger partial charge in [0.1, 0.15) is 0 Å². The highest BCUT2D eigenvalue weighted by Gasteiger charge is 2.21. The predicted molar refractivity (Wildman–Crippen MR) is 81.3 cm³/mol. The second-order valence-corrected chi connectivity index (χ2v) is 6.00. The summed E-state index contributed by atoms with van der Waals surface area (Å²) in [6.07, 6.45) is 2.39. The third-order valence-corrected chi connectivity index (χ3v) is 4.27. The first-order valence-electron chi connectivity index (χ1n) is 7.19. The highest BCUT2D eigenvalue weighted by molar-refractivity contribution is 7.99. The Hall–Kier alpha value is -2.09. The Labute approximate surface area is 132 Å².